The average molecular weight is 158 g/mol. The molecular weight excluding hydrogens is 155 g/mol. The first-order valence-corrected chi connectivity index (χ1v) is 2.48. The van der Waals surface area contributed by atoms with E-state index >= 15 is 0 Å². The molecule has 0 aromatic rings. The Balaban J connectivity index is 2.92. The predicted molar refractivity (Wildman–Crippen MR) is 23.7 cm³/mol. The van der Waals surface area contributed by atoms with E-state index in [2.05, 4.69) is 0 Å². The summed E-state index contributed by atoms with van der Waals surface area (Å²) in [6.45, 7) is 0. The highest BCUT2D eigenvalue weighted by molar-refractivity contribution is 5.17. The summed E-state index contributed by atoms with van der Waals surface area (Å²) < 4.78 is 59.5. The molecule has 0 saturated carbocycles. The van der Waals surface area contributed by atoms with Crippen molar-refractivity contribution in [3.63, 3.8) is 0 Å². The molecule has 0 amide bonds. The molecule has 1 aliphatic carbocycles. The molecule has 10 heavy (non-hydrogen) atoms. The van der Waals surface area contributed by atoms with E-state index in [1.807, 2.05) is 0 Å². The summed E-state index contributed by atoms with van der Waals surface area (Å²) in [5.74, 6) is -10.00. The van der Waals surface area contributed by atoms with Crippen LogP contribution in [-0.2, 0) is 0 Å². The zero-order valence-corrected chi connectivity index (χ0v) is 4.67. The highest BCUT2D eigenvalue weighted by Gasteiger charge is 2.59. The van der Waals surface area contributed by atoms with E-state index in [0.29, 0.717) is 0 Å². The average Bonchev–Trinajstić information content (AvgIpc) is 1.73. The lowest BCUT2D eigenvalue weighted by atomic mass is 10.2. The van der Waals surface area contributed by atoms with Crippen molar-refractivity contribution in [2.24, 2.45) is 0 Å². The Hall–Kier alpha value is -0.610. The van der Waals surface area contributed by atoms with Crippen LogP contribution >= 0.6 is 0 Å². The highest BCUT2D eigenvalue weighted by Crippen LogP contribution is 2.46. The standard InChI is InChI=1S/C5H3F5/c6-3-1-4(7,8)5(9,10)2-3/h1H,2H2. The van der Waals surface area contributed by atoms with Gasteiger partial charge < -0.3 is 0 Å². The third-order valence-electron chi connectivity index (χ3n) is 1.22. The first kappa shape index (κ1) is 7.50. The molecule has 58 valence electrons. The van der Waals surface area contributed by atoms with Crippen LogP contribution in [0.25, 0.3) is 0 Å². The summed E-state index contributed by atoms with van der Waals surface area (Å²) in [5.41, 5.74) is 0. The van der Waals surface area contributed by atoms with Gasteiger partial charge in [0.1, 0.15) is 5.83 Å². The Morgan fingerprint density at radius 2 is 1.70 bits per heavy atom. The van der Waals surface area contributed by atoms with Gasteiger partial charge in [0.25, 0.3) is 0 Å². The maximum atomic E-state index is 11.9. The van der Waals surface area contributed by atoms with Crippen molar-refractivity contribution in [1.29, 1.82) is 0 Å². The topological polar surface area (TPSA) is 0 Å². The Morgan fingerprint density at radius 3 is 1.80 bits per heavy atom. The van der Waals surface area contributed by atoms with Gasteiger partial charge in [0.2, 0.25) is 0 Å². The molecule has 0 bridgehead atoms. The monoisotopic (exact) mass is 158 g/mol. The molecule has 0 radical (unpaired) electrons. The predicted octanol–water partition coefficient (Wildman–Crippen LogP) is 2.51. The van der Waals surface area contributed by atoms with Crippen LogP contribution in [0.1, 0.15) is 6.42 Å². The molecule has 1 aliphatic rings. The first-order chi connectivity index (χ1) is 4.35. The number of alkyl halides is 4. The van der Waals surface area contributed by atoms with E-state index in [4.69, 9.17) is 0 Å². The molecule has 1 rings (SSSR count). The summed E-state index contributed by atoms with van der Waals surface area (Å²) in [6.07, 6.45) is -1.83. The van der Waals surface area contributed by atoms with E-state index < -0.39 is 24.1 Å². The summed E-state index contributed by atoms with van der Waals surface area (Å²) in [5, 5.41) is 0. The van der Waals surface area contributed by atoms with Crippen molar-refractivity contribution in [2.75, 3.05) is 0 Å². The van der Waals surface area contributed by atoms with Crippen molar-refractivity contribution in [1.82, 2.24) is 0 Å². The van der Waals surface area contributed by atoms with Crippen molar-refractivity contribution in [3.8, 4) is 0 Å². The van der Waals surface area contributed by atoms with Crippen LogP contribution in [0.15, 0.2) is 11.9 Å². The summed E-state index contributed by atoms with van der Waals surface area (Å²) >= 11 is 0. The Bertz CT molecular complexity index is 180. The van der Waals surface area contributed by atoms with Gasteiger partial charge in [0, 0.05) is 6.08 Å². The van der Waals surface area contributed by atoms with Crippen molar-refractivity contribution in [2.45, 2.75) is 18.3 Å². The van der Waals surface area contributed by atoms with Crippen LogP contribution in [0.2, 0.25) is 0 Å². The van der Waals surface area contributed by atoms with Crippen molar-refractivity contribution < 1.29 is 22.0 Å². The van der Waals surface area contributed by atoms with Gasteiger partial charge in [0.05, 0.1) is 6.42 Å². The third-order valence-corrected chi connectivity index (χ3v) is 1.22. The molecule has 0 aromatic heterocycles. The van der Waals surface area contributed by atoms with Gasteiger partial charge >= 0.3 is 11.8 Å². The van der Waals surface area contributed by atoms with Gasteiger partial charge in [0.15, 0.2) is 0 Å². The van der Waals surface area contributed by atoms with Gasteiger partial charge in [-0.25, -0.2) is 4.39 Å². The first-order valence-electron chi connectivity index (χ1n) is 2.48. The Morgan fingerprint density at radius 1 is 1.20 bits per heavy atom. The summed E-state index contributed by atoms with van der Waals surface area (Å²) in [6, 6.07) is 0. The minimum atomic E-state index is -4.31. The number of rotatable bonds is 0. The zero-order valence-electron chi connectivity index (χ0n) is 4.67. The minimum absolute atomic E-state index is 0.340. The molecule has 0 aromatic carbocycles. The van der Waals surface area contributed by atoms with Crippen LogP contribution in [0, 0.1) is 0 Å². The molecule has 0 atom stereocenters. The molecule has 0 fully saturated rings. The lowest BCUT2D eigenvalue weighted by Gasteiger charge is -2.16. The fourth-order valence-corrected chi connectivity index (χ4v) is 0.683. The molecule has 0 aliphatic heterocycles. The molecular formula is C5H3F5. The molecule has 0 nitrogen and oxygen atoms in total. The maximum Gasteiger partial charge on any atom is 0.331 e. The largest absolute Gasteiger partial charge is 0.331 e. The molecule has 0 saturated heterocycles. The second kappa shape index (κ2) is 1.71. The van der Waals surface area contributed by atoms with Crippen molar-refractivity contribution >= 4 is 0 Å². The Kier molecular flexibility index (Phi) is 1.28. The molecule has 0 N–H and O–H groups in total. The number of allylic oxidation sites excluding steroid dienone is 2. The second-order valence-electron chi connectivity index (χ2n) is 2.10. The third kappa shape index (κ3) is 0.892. The smallest absolute Gasteiger partial charge is 0.212 e. The molecule has 0 unspecified atom stereocenters. The SMILES string of the molecule is FC1=CC(F)(F)C(F)(F)C1. The van der Waals surface area contributed by atoms with E-state index in [1.54, 1.807) is 0 Å². The van der Waals surface area contributed by atoms with Gasteiger partial charge in [-0.3, -0.25) is 0 Å². The van der Waals surface area contributed by atoms with Crippen LogP contribution in [-0.4, -0.2) is 11.8 Å². The number of hydrogen-bond acceptors (Lipinski definition) is 0. The fraction of sp³-hybridized carbons (Fsp3) is 0.600. The number of hydrogen-bond donors (Lipinski definition) is 0. The fourth-order valence-electron chi connectivity index (χ4n) is 0.683. The molecule has 0 spiro atoms. The normalized spacial score (nSPS) is 28.3. The second-order valence-corrected chi connectivity index (χ2v) is 2.10. The van der Waals surface area contributed by atoms with E-state index in [-0.39, 0.29) is 6.08 Å². The lowest BCUT2D eigenvalue weighted by molar-refractivity contribution is -0.167. The molecule has 5 heteroatoms. The van der Waals surface area contributed by atoms with Gasteiger partial charge in [-0.15, -0.1) is 0 Å². The minimum Gasteiger partial charge on any atom is -0.212 e. The molecule has 0 heterocycles. The van der Waals surface area contributed by atoms with E-state index in [9.17, 15) is 22.0 Å². The lowest BCUT2D eigenvalue weighted by Crippen LogP contribution is -2.34. The Labute approximate surface area is 53.3 Å². The zero-order chi connectivity index (χ0) is 7.99. The van der Waals surface area contributed by atoms with Gasteiger partial charge in [-0.2, -0.15) is 17.6 Å². The van der Waals surface area contributed by atoms with Crippen LogP contribution in [0.3, 0.4) is 0 Å². The van der Waals surface area contributed by atoms with Gasteiger partial charge in [-0.05, 0) is 0 Å². The quantitative estimate of drug-likeness (QED) is 0.475. The van der Waals surface area contributed by atoms with E-state index in [1.165, 1.54) is 0 Å². The van der Waals surface area contributed by atoms with Crippen molar-refractivity contribution in [3.05, 3.63) is 11.9 Å². The van der Waals surface area contributed by atoms with Crippen LogP contribution < -0.4 is 0 Å². The highest BCUT2D eigenvalue weighted by atomic mass is 19.3. The summed E-state index contributed by atoms with van der Waals surface area (Å²) in [7, 11) is 0. The van der Waals surface area contributed by atoms with Crippen LogP contribution in [0.5, 0.6) is 0 Å². The van der Waals surface area contributed by atoms with Gasteiger partial charge in [-0.1, -0.05) is 0 Å². The maximum absolute atomic E-state index is 11.9. The van der Waals surface area contributed by atoms with Crippen LogP contribution in [0.4, 0.5) is 22.0 Å². The van der Waals surface area contributed by atoms with E-state index in [0.717, 1.165) is 0 Å². The number of halogens is 5. The summed E-state index contributed by atoms with van der Waals surface area (Å²) in [4.78, 5) is 0.